The lowest BCUT2D eigenvalue weighted by Crippen LogP contribution is -1.95. The zero-order valence-electron chi connectivity index (χ0n) is 13.3. The Morgan fingerprint density at radius 2 is 1.79 bits per heavy atom. The molecule has 1 aromatic heterocycles. The van der Waals surface area contributed by atoms with Crippen molar-refractivity contribution < 1.29 is 14.0 Å². The van der Waals surface area contributed by atoms with Crippen molar-refractivity contribution in [2.75, 3.05) is 14.2 Å². The molecule has 0 saturated heterocycles. The van der Waals surface area contributed by atoms with Gasteiger partial charge in [-0.15, -0.1) is 0 Å². The second-order valence-corrected chi connectivity index (χ2v) is 5.07. The van der Waals surface area contributed by atoms with E-state index in [2.05, 4.69) is 16.2 Å². The molecule has 0 fully saturated rings. The lowest BCUT2D eigenvalue weighted by molar-refractivity contribution is 0.354. The van der Waals surface area contributed by atoms with E-state index >= 15 is 0 Å². The van der Waals surface area contributed by atoms with Crippen LogP contribution in [0.5, 0.6) is 11.5 Å². The van der Waals surface area contributed by atoms with Crippen LogP contribution in [0.2, 0.25) is 0 Å². The summed E-state index contributed by atoms with van der Waals surface area (Å²) in [7, 11) is 3.19. The molecular weight excluding hydrogens is 306 g/mol. The zero-order chi connectivity index (χ0) is 16.9. The third kappa shape index (κ3) is 3.20. The number of nitriles is 1. The second-order valence-electron chi connectivity index (χ2n) is 5.07. The van der Waals surface area contributed by atoms with Gasteiger partial charge in [0.15, 0.2) is 17.3 Å². The van der Waals surface area contributed by atoms with Crippen molar-refractivity contribution in [3.05, 3.63) is 59.4 Å². The molecule has 24 heavy (non-hydrogen) atoms. The van der Waals surface area contributed by atoms with Crippen molar-refractivity contribution in [1.29, 1.82) is 5.26 Å². The zero-order valence-corrected chi connectivity index (χ0v) is 13.3. The van der Waals surface area contributed by atoms with Gasteiger partial charge >= 0.3 is 0 Å². The van der Waals surface area contributed by atoms with E-state index in [0.29, 0.717) is 35.2 Å². The van der Waals surface area contributed by atoms with E-state index in [-0.39, 0.29) is 0 Å². The van der Waals surface area contributed by atoms with E-state index in [0.717, 1.165) is 11.1 Å². The molecular formula is C18H15N3O3. The molecule has 0 unspecified atom stereocenters. The standard InChI is InChI=1S/C18H15N3O3/c1-22-15-8-5-13(9-16(15)23-2)10-17-20-18(24-21-17)14-6-3-12(11-19)4-7-14/h3-9H,10H2,1-2H3. The molecule has 0 N–H and O–H groups in total. The van der Waals surface area contributed by atoms with Gasteiger partial charge in [-0.1, -0.05) is 11.2 Å². The highest BCUT2D eigenvalue weighted by molar-refractivity contribution is 5.54. The largest absolute Gasteiger partial charge is 0.493 e. The van der Waals surface area contributed by atoms with Crippen LogP contribution < -0.4 is 9.47 Å². The van der Waals surface area contributed by atoms with E-state index < -0.39 is 0 Å². The van der Waals surface area contributed by atoms with Gasteiger partial charge in [-0.2, -0.15) is 10.2 Å². The van der Waals surface area contributed by atoms with E-state index in [4.69, 9.17) is 19.3 Å². The Balaban J connectivity index is 1.79. The van der Waals surface area contributed by atoms with Crippen LogP contribution in [-0.4, -0.2) is 24.4 Å². The molecule has 2 aromatic carbocycles. The average Bonchev–Trinajstić information content (AvgIpc) is 3.10. The SMILES string of the molecule is COc1ccc(Cc2noc(-c3ccc(C#N)cc3)n2)cc1OC. The topological polar surface area (TPSA) is 81.2 Å². The molecule has 3 rings (SSSR count). The minimum absolute atomic E-state index is 0.426. The number of nitrogens with zero attached hydrogens (tertiary/aromatic N) is 3. The fourth-order valence-corrected chi connectivity index (χ4v) is 2.30. The molecule has 120 valence electrons. The third-order valence-electron chi connectivity index (χ3n) is 3.54. The molecule has 0 radical (unpaired) electrons. The Bertz CT molecular complexity index is 879. The summed E-state index contributed by atoms with van der Waals surface area (Å²) in [6, 6.07) is 14.7. The molecule has 0 saturated carbocycles. The van der Waals surface area contributed by atoms with Crippen LogP contribution in [0.3, 0.4) is 0 Å². The summed E-state index contributed by atoms with van der Waals surface area (Å²) in [5.41, 5.74) is 2.35. The summed E-state index contributed by atoms with van der Waals surface area (Å²) < 4.78 is 15.8. The maximum Gasteiger partial charge on any atom is 0.257 e. The molecule has 0 spiro atoms. The monoisotopic (exact) mass is 321 g/mol. The van der Waals surface area contributed by atoms with Crippen LogP contribution in [0.1, 0.15) is 17.0 Å². The number of methoxy groups -OCH3 is 2. The Morgan fingerprint density at radius 1 is 1.04 bits per heavy atom. The minimum Gasteiger partial charge on any atom is -0.493 e. The lowest BCUT2D eigenvalue weighted by Gasteiger charge is -2.08. The molecule has 0 aliphatic rings. The van der Waals surface area contributed by atoms with Gasteiger partial charge in [-0.05, 0) is 42.0 Å². The summed E-state index contributed by atoms with van der Waals surface area (Å²) in [5, 5.41) is 12.8. The first-order chi connectivity index (χ1) is 11.7. The molecule has 3 aromatic rings. The van der Waals surface area contributed by atoms with E-state index in [1.54, 1.807) is 38.5 Å². The average molecular weight is 321 g/mol. The van der Waals surface area contributed by atoms with Crippen LogP contribution in [-0.2, 0) is 6.42 Å². The number of ether oxygens (including phenoxy) is 2. The molecule has 0 amide bonds. The van der Waals surface area contributed by atoms with Crippen LogP contribution in [0, 0.1) is 11.3 Å². The quantitative estimate of drug-likeness (QED) is 0.717. The van der Waals surface area contributed by atoms with Gasteiger partial charge in [-0.25, -0.2) is 0 Å². The number of hydrogen-bond donors (Lipinski definition) is 0. The van der Waals surface area contributed by atoms with E-state index in [1.807, 2.05) is 18.2 Å². The summed E-state index contributed by atoms with van der Waals surface area (Å²) >= 11 is 0. The first-order valence-corrected chi connectivity index (χ1v) is 7.27. The Hall–Kier alpha value is -3.33. The molecule has 6 nitrogen and oxygen atoms in total. The van der Waals surface area contributed by atoms with E-state index in [1.165, 1.54) is 0 Å². The van der Waals surface area contributed by atoms with Crippen molar-refractivity contribution in [2.45, 2.75) is 6.42 Å². The van der Waals surface area contributed by atoms with Gasteiger partial charge in [0.25, 0.3) is 5.89 Å². The maximum atomic E-state index is 8.83. The van der Waals surface area contributed by atoms with Crippen molar-refractivity contribution in [2.24, 2.45) is 0 Å². The molecule has 0 atom stereocenters. The minimum atomic E-state index is 0.426. The number of hydrogen-bond acceptors (Lipinski definition) is 6. The van der Waals surface area contributed by atoms with Gasteiger partial charge in [0.2, 0.25) is 0 Å². The highest BCUT2D eigenvalue weighted by Gasteiger charge is 2.11. The Morgan fingerprint density at radius 3 is 2.46 bits per heavy atom. The van der Waals surface area contributed by atoms with Gasteiger partial charge in [0, 0.05) is 12.0 Å². The lowest BCUT2D eigenvalue weighted by atomic mass is 10.1. The number of benzene rings is 2. The molecule has 0 bridgehead atoms. The fraction of sp³-hybridized carbons (Fsp3) is 0.167. The third-order valence-corrected chi connectivity index (χ3v) is 3.54. The summed E-state index contributed by atoms with van der Waals surface area (Å²) in [6.45, 7) is 0. The summed E-state index contributed by atoms with van der Waals surface area (Å²) in [5.74, 6) is 2.33. The van der Waals surface area contributed by atoms with Crippen molar-refractivity contribution in [1.82, 2.24) is 10.1 Å². The first kappa shape index (κ1) is 15.6. The van der Waals surface area contributed by atoms with Gasteiger partial charge < -0.3 is 14.0 Å². The van der Waals surface area contributed by atoms with Crippen molar-refractivity contribution in [3.63, 3.8) is 0 Å². The highest BCUT2D eigenvalue weighted by atomic mass is 16.5. The Labute approximate surface area is 139 Å². The van der Waals surface area contributed by atoms with Gasteiger partial charge in [0.1, 0.15) is 0 Å². The molecule has 6 heteroatoms. The maximum absolute atomic E-state index is 8.83. The predicted octanol–water partition coefficient (Wildman–Crippen LogP) is 3.22. The molecule has 1 heterocycles. The molecule has 0 aliphatic carbocycles. The highest BCUT2D eigenvalue weighted by Crippen LogP contribution is 2.28. The van der Waals surface area contributed by atoms with Crippen molar-refractivity contribution in [3.8, 4) is 29.0 Å². The Kier molecular flexibility index (Phi) is 4.43. The second kappa shape index (κ2) is 6.84. The normalized spacial score (nSPS) is 10.2. The number of rotatable bonds is 5. The van der Waals surface area contributed by atoms with Crippen LogP contribution in [0.25, 0.3) is 11.5 Å². The molecule has 0 aliphatic heterocycles. The van der Waals surface area contributed by atoms with Crippen LogP contribution >= 0.6 is 0 Å². The fourth-order valence-electron chi connectivity index (χ4n) is 2.30. The van der Waals surface area contributed by atoms with Crippen LogP contribution in [0.4, 0.5) is 0 Å². The predicted molar refractivity (Wildman–Crippen MR) is 86.8 cm³/mol. The number of aromatic nitrogens is 2. The first-order valence-electron chi connectivity index (χ1n) is 7.27. The van der Waals surface area contributed by atoms with Crippen LogP contribution in [0.15, 0.2) is 47.0 Å². The van der Waals surface area contributed by atoms with Gasteiger partial charge in [0.05, 0.1) is 25.9 Å². The van der Waals surface area contributed by atoms with Crippen molar-refractivity contribution >= 4 is 0 Å². The van der Waals surface area contributed by atoms with Gasteiger partial charge in [-0.3, -0.25) is 0 Å². The van der Waals surface area contributed by atoms with E-state index in [9.17, 15) is 0 Å². The summed E-state index contributed by atoms with van der Waals surface area (Å²) in [6.07, 6.45) is 0.514. The smallest absolute Gasteiger partial charge is 0.257 e. The summed E-state index contributed by atoms with van der Waals surface area (Å²) in [4.78, 5) is 4.40.